The minimum absolute atomic E-state index is 0.598. The monoisotopic (exact) mass is 690 g/mol. The lowest BCUT2D eigenvalue weighted by Gasteiger charge is -2.47. The van der Waals surface area contributed by atoms with Gasteiger partial charge in [0, 0.05) is 21.7 Å². The molecular formula is C36H33N6O3P3. The lowest BCUT2D eigenvalue weighted by Crippen LogP contribution is -2.38. The summed E-state index contributed by atoms with van der Waals surface area (Å²) in [5, 5.41) is 7.48. The van der Waals surface area contributed by atoms with Crippen molar-refractivity contribution in [3.05, 3.63) is 182 Å². The first-order valence-electron chi connectivity index (χ1n) is 15.2. The molecule has 0 aromatic heterocycles. The fourth-order valence-electron chi connectivity index (χ4n) is 4.61. The standard InChI is InChI=1S/C36H33N6O3P3/c1-7-19-31(20-8-1)37-41-46(38-32-21-9-2-10-22-32)40-48(44-35-27-15-5-16-28-35,45-36-29-17-6-18-30-36)42(43-34-25-13-4-14-26-34)47(41)39-33-23-11-3-12-24-33/h1-30,37-39H. The number of anilines is 3. The Morgan fingerprint density at radius 3 is 1.33 bits per heavy atom. The zero-order valence-electron chi connectivity index (χ0n) is 25.7. The molecule has 7 rings (SSSR count). The summed E-state index contributed by atoms with van der Waals surface area (Å²) in [5.41, 5.74) is 6.33. The van der Waals surface area contributed by atoms with Gasteiger partial charge in [-0.1, -0.05) is 109 Å². The minimum Gasteiger partial charge on any atom is -0.417 e. The second-order valence-electron chi connectivity index (χ2n) is 10.3. The fourth-order valence-corrected chi connectivity index (χ4v) is 12.9. The van der Waals surface area contributed by atoms with E-state index in [0.29, 0.717) is 17.2 Å². The van der Waals surface area contributed by atoms with E-state index in [2.05, 4.69) is 20.2 Å². The Bertz CT molecular complexity index is 1870. The largest absolute Gasteiger partial charge is 0.444 e. The van der Waals surface area contributed by atoms with Crippen LogP contribution in [-0.2, 0) is 0 Å². The number of nitrogens with zero attached hydrogens (tertiary/aromatic N) is 3. The maximum Gasteiger partial charge on any atom is 0.444 e. The molecule has 1 aliphatic heterocycles. The van der Waals surface area contributed by atoms with E-state index in [9.17, 15) is 0 Å². The van der Waals surface area contributed by atoms with Gasteiger partial charge in [-0.05, 0) is 72.8 Å². The fraction of sp³-hybridized carbons (Fsp3) is 0. The van der Waals surface area contributed by atoms with Crippen LogP contribution in [0.1, 0.15) is 0 Å². The molecule has 0 radical (unpaired) electrons. The molecule has 1 heterocycles. The van der Waals surface area contributed by atoms with E-state index in [1.54, 1.807) is 4.60 Å². The van der Waals surface area contributed by atoms with Gasteiger partial charge < -0.3 is 29.5 Å². The second-order valence-corrected chi connectivity index (χ2v) is 16.2. The van der Waals surface area contributed by atoms with E-state index < -0.39 is 24.4 Å². The molecule has 0 spiro atoms. The first-order chi connectivity index (χ1) is 23.7. The SMILES string of the molecule is c1ccc(NN2P(Nc3ccccc3)N=P(Oc3ccccc3)(Oc3ccccc3)N(Oc3ccccc3)P2Nc2ccccc2)cc1. The van der Waals surface area contributed by atoms with Gasteiger partial charge in [0.05, 0.1) is 0 Å². The molecule has 48 heavy (non-hydrogen) atoms. The summed E-state index contributed by atoms with van der Waals surface area (Å²) in [5.74, 6) is 1.80. The average Bonchev–Trinajstić information content (AvgIpc) is 3.14. The molecule has 12 heteroatoms. The molecule has 0 saturated carbocycles. The predicted molar refractivity (Wildman–Crippen MR) is 198 cm³/mol. The lowest BCUT2D eigenvalue weighted by molar-refractivity contribution is 0.109. The number of hydrazine groups is 1. The third-order valence-electron chi connectivity index (χ3n) is 6.81. The van der Waals surface area contributed by atoms with Gasteiger partial charge >= 0.3 is 7.66 Å². The molecule has 0 saturated heterocycles. The van der Waals surface area contributed by atoms with E-state index in [4.69, 9.17) is 18.4 Å². The van der Waals surface area contributed by atoms with Crippen molar-refractivity contribution in [1.29, 1.82) is 0 Å². The topological polar surface area (TPSA) is 82.6 Å². The van der Waals surface area contributed by atoms with Crippen molar-refractivity contribution >= 4 is 41.5 Å². The van der Waals surface area contributed by atoms with Crippen LogP contribution < -0.4 is 29.5 Å². The second kappa shape index (κ2) is 15.4. The Balaban J connectivity index is 1.46. The maximum absolute atomic E-state index is 6.99. The Morgan fingerprint density at radius 2 is 0.854 bits per heavy atom. The van der Waals surface area contributed by atoms with Crippen LogP contribution in [0.3, 0.4) is 0 Å². The number of para-hydroxylation sites is 6. The zero-order chi connectivity index (χ0) is 32.4. The molecule has 0 aliphatic carbocycles. The van der Waals surface area contributed by atoms with E-state index in [1.807, 2.05) is 182 Å². The van der Waals surface area contributed by atoms with Gasteiger partial charge in [0.1, 0.15) is 17.2 Å². The maximum atomic E-state index is 6.99. The lowest BCUT2D eigenvalue weighted by atomic mass is 10.3. The van der Waals surface area contributed by atoms with E-state index in [0.717, 1.165) is 17.1 Å². The predicted octanol–water partition coefficient (Wildman–Crippen LogP) is 11.4. The molecule has 0 bridgehead atoms. The zero-order valence-corrected chi connectivity index (χ0v) is 28.4. The third kappa shape index (κ3) is 7.80. The van der Waals surface area contributed by atoms with E-state index in [-0.39, 0.29) is 0 Å². The van der Waals surface area contributed by atoms with Gasteiger partial charge in [-0.2, -0.15) is 4.52 Å². The van der Waals surface area contributed by atoms with E-state index >= 15 is 0 Å². The Morgan fingerprint density at radius 1 is 0.458 bits per heavy atom. The Hall–Kier alpha value is -4.87. The van der Waals surface area contributed by atoms with Crippen molar-refractivity contribution in [3.8, 4) is 17.2 Å². The molecular weight excluding hydrogens is 657 g/mol. The van der Waals surface area contributed by atoms with Crippen LogP contribution in [-0.4, -0.2) is 9.15 Å². The summed E-state index contributed by atoms with van der Waals surface area (Å²) in [6.07, 6.45) is 0. The normalized spacial score (nSPS) is 17.3. The average molecular weight is 691 g/mol. The summed E-state index contributed by atoms with van der Waals surface area (Å²) in [4.78, 5) is 6.87. The van der Waals surface area contributed by atoms with Gasteiger partial charge in [-0.15, -0.1) is 4.55 Å². The van der Waals surface area contributed by atoms with Gasteiger partial charge in [-0.25, -0.2) is 0 Å². The molecule has 240 valence electrons. The van der Waals surface area contributed by atoms with Crippen molar-refractivity contribution < 1.29 is 13.9 Å². The van der Waals surface area contributed by atoms with Crippen molar-refractivity contribution in [2.45, 2.75) is 0 Å². The molecule has 0 fully saturated rings. The number of rotatable bonds is 12. The van der Waals surface area contributed by atoms with Crippen LogP contribution in [0.15, 0.2) is 187 Å². The van der Waals surface area contributed by atoms with Crippen molar-refractivity contribution in [2.75, 3.05) is 15.6 Å². The molecule has 6 aromatic rings. The molecule has 0 amide bonds. The van der Waals surface area contributed by atoms with Gasteiger partial charge in [0.15, 0.2) is 0 Å². The smallest absolute Gasteiger partial charge is 0.417 e. The highest BCUT2D eigenvalue weighted by Crippen LogP contribution is 2.77. The Kier molecular flexibility index (Phi) is 10.1. The summed E-state index contributed by atoms with van der Waals surface area (Å²) in [7, 11) is -6.84. The van der Waals surface area contributed by atoms with Crippen LogP contribution >= 0.6 is 24.4 Å². The molecule has 9 nitrogen and oxygen atoms in total. The minimum atomic E-state index is -3.55. The van der Waals surface area contributed by atoms with Crippen LogP contribution in [0, 0.1) is 0 Å². The van der Waals surface area contributed by atoms with Gasteiger partial charge in [0.25, 0.3) is 0 Å². The molecule has 2 atom stereocenters. The van der Waals surface area contributed by atoms with Crippen LogP contribution in [0.25, 0.3) is 0 Å². The number of benzene rings is 6. The van der Waals surface area contributed by atoms with Gasteiger partial charge in [0.2, 0.25) is 16.7 Å². The van der Waals surface area contributed by atoms with Gasteiger partial charge in [-0.3, -0.25) is 0 Å². The number of nitrogens with one attached hydrogen (secondary N) is 3. The quantitative estimate of drug-likeness (QED) is 0.109. The molecule has 6 aromatic carbocycles. The summed E-state index contributed by atoms with van der Waals surface area (Å²) >= 11 is 0. The van der Waals surface area contributed by atoms with Crippen molar-refractivity contribution in [3.63, 3.8) is 0 Å². The summed E-state index contributed by atoms with van der Waals surface area (Å²) in [6.45, 7) is 0. The Labute approximate surface area is 283 Å². The molecule has 3 N–H and O–H groups in total. The first kappa shape index (κ1) is 31.7. The molecule has 1 aliphatic rings. The highest BCUT2D eigenvalue weighted by molar-refractivity contribution is 7.82. The highest BCUT2D eigenvalue weighted by Gasteiger charge is 2.54. The van der Waals surface area contributed by atoms with E-state index in [1.165, 1.54) is 0 Å². The number of hydrogen-bond acceptors (Lipinski definition) is 9. The molecule has 2 unspecified atom stereocenters. The summed E-state index contributed by atoms with van der Waals surface area (Å²) < 4.78 is 23.4. The van der Waals surface area contributed by atoms with Crippen LogP contribution in [0.2, 0.25) is 0 Å². The van der Waals surface area contributed by atoms with Crippen molar-refractivity contribution in [1.82, 2.24) is 9.15 Å². The number of hydrogen-bond donors (Lipinski definition) is 3. The van der Waals surface area contributed by atoms with Crippen LogP contribution in [0.5, 0.6) is 17.2 Å². The highest BCUT2D eigenvalue weighted by atomic mass is 31.3. The first-order valence-corrected chi connectivity index (χ1v) is 19.3. The van der Waals surface area contributed by atoms with Crippen molar-refractivity contribution in [2.24, 2.45) is 4.52 Å². The third-order valence-corrected chi connectivity index (χ3v) is 14.2. The summed E-state index contributed by atoms with van der Waals surface area (Å²) in [6, 6.07) is 59.0. The van der Waals surface area contributed by atoms with Crippen LogP contribution in [0.4, 0.5) is 17.1 Å².